The van der Waals surface area contributed by atoms with Gasteiger partial charge in [0.05, 0.1) is 24.8 Å². The highest BCUT2D eigenvalue weighted by molar-refractivity contribution is 5.74. The molecule has 2 aromatic heterocycles. The molecule has 23 heavy (non-hydrogen) atoms. The number of amides is 2. The fraction of sp³-hybridized carbons (Fsp3) is 0.562. The van der Waals surface area contributed by atoms with Gasteiger partial charge in [0.2, 0.25) is 0 Å². The Morgan fingerprint density at radius 3 is 3.09 bits per heavy atom. The predicted molar refractivity (Wildman–Crippen MR) is 84.8 cm³/mol. The van der Waals surface area contributed by atoms with E-state index < -0.39 is 0 Å². The Hall–Kier alpha value is -2.31. The second kappa shape index (κ2) is 6.85. The number of nitrogens with one attached hydrogen (secondary N) is 1. The van der Waals surface area contributed by atoms with Gasteiger partial charge >= 0.3 is 6.03 Å². The van der Waals surface area contributed by atoms with Crippen molar-refractivity contribution in [3.05, 3.63) is 36.0 Å². The minimum absolute atomic E-state index is 0.0536. The first-order valence-corrected chi connectivity index (χ1v) is 8.11. The lowest BCUT2D eigenvalue weighted by Gasteiger charge is -2.24. The zero-order valence-corrected chi connectivity index (χ0v) is 13.6. The summed E-state index contributed by atoms with van der Waals surface area (Å²) in [5.74, 6) is 1.00. The summed E-state index contributed by atoms with van der Waals surface area (Å²) in [6, 6.07) is 3.93. The molecule has 1 fully saturated rings. The van der Waals surface area contributed by atoms with Gasteiger partial charge in [-0.15, -0.1) is 0 Å². The van der Waals surface area contributed by atoms with Crippen molar-refractivity contribution in [2.24, 2.45) is 0 Å². The molecule has 0 aliphatic carbocycles. The van der Waals surface area contributed by atoms with Gasteiger partial charge in [-0.05, 0) is 24.8 Å². The second-order valence-electron chi connectivity index (χ2n) is 6.25. The van der Waals surface area contributed by atoms with E-state index in [1.54, 1.807) is 6.20 Å². The maximum absolute atomic E-state index is 12.4. The number of aromatic nitrogens is 3. The summed E-state index contributed by atoms with van der Waals surface area (Å²) >= 11 is 0. The standard InChI is InChI=1S/C16H23N5O2/c1-12(2)15-9-14(23-19-15)10-17-16(22)21-8-3-5-13(21)11-20-7-4-6-18-20/h4,6-7,9,12-13H,3,5,8,10-11H2,1-2H3,(H,17,22). The van der Waals surface area contributed by atoms with E-state index in [1.807, 2.05) is 27.9 Å². The van der Waals surface area contributed by atoms with Crippen molar-refractivity contribution < 1.29 is 9.32 Å². The van der Waals surface area contributed by atoms with Gasteiger partial charge in [0.1, 0.15) is 0 Å². The van der Waals surface area contributed by atoms with Crippen LogP contribution in [0.2, 0.25) is 0 Å². The molecule has 0 spiro atoms. The van der Waals surface area contributed by atoms with Gasteiger partial charge in [-0.2, -0.15) is 5.10 Å². The number of likely N-dealkylation sites (tertiary alicyclic amines) is 1. The third-order valence-electron chi connectivity index (χ3n) is 4.18. The SMILES string of the molecule is CC(C)c1cc(CNC(=O)N2CCCC2Cn2cccn2)on1. The number of rotatable bonds is 5. The highest BCUT2D eigenvalue weighted by Crippen LogP contribution is 2.19. The number of carbonyl (C=O) groups excluding carboxylic acids is 1. The van der Waals surface area contributed by atoms with Gasteiger partial charge in [0, 0.05) is 25.0 Å². The first-order valence-electron chi connectivity index (χ1n) is 8.11. The molecule has 0 aromatic carbocycles. The van der Waals surface area contributed by atoms with Crippen molar-refractivity contribution in [1.82, 2.24) is 25.2 Å². The van der Waals surface area contributed by atoms with Crippen molar-refractivity contribution in [2.45, 2.75) is 51.7 Å². The smallest absolute Gasteiger partial charge is 0.318 e. The average molecular weight is 317 g/mol. The van der Waals surface area contributed by atoms with Crippen LogP contribution in [-0.4, -0.2) is 38.5 Å². The van der Waals surface area contributed by atoms with E-state index in [4.69, 9.17) is 4.52 Å². The van der Waals surface area contributed by atoms with E-state index in [1.165, 1.54) is 0 Å². The van der Waals surface area contributed by atoms with Gasteiger partial charge < -0.3 is 14.7 Å². The topological polar surface area (TPSA) is 76.2 Å². The summed E-state index contributed by atoms with van der Waals surface area (Å²) in [5.41, 5.74) is 0.909. The molecule has 1 saturated heterocycles. The lowest BCUT2D eigenvalue weighted by molar-refractivity contribution is 0.184. The van der Waals surface area contributed by atoms with Gasteiger partial charge in [-0.1, -0.05) is 19.0 Å². The lowest BCUT2D eigenvalue weighted by Crippen LogP contribution is -2.44. The summed E-state index contributed by atoms with van der Waals surface area (Å²) in [6.07, 6.45) is 5.72. The molecule has 1 aliphatic rings. The zero-order valence-electron chi connectivity index (χ0n) is 13.6. The maximum Gasteiger partial charge on any atom is 0.318 e. The van der Waals surface area contributed by atoms with Crippen molar-refractivity contribution in [1.29, 1.82) is 0 Å². The second-order valence-corrected chi connectivity index (χ2v) is 6.25. The fourth-order valence-electron chi connectivity index (χ4n) is 2.87. The first kappa shape index (κ1) is 15.6. The normalized spacial score (nSPS) is 17.9. The Kier molecular flexibility index (Phi) is 4.64. The Balaban J connectivity index is 1.54. The van der Waals surface area contributed by atoms with Gasteiger partial charge in [-0.25, -0.2) is 4.79 Å². The molecule has 7 heteroatoms. The maximum atomic E-state index is 12.4. The van der Waals surface area contributed by atoms with Crippen LogP contribution < -0.4 is 5.32 Å². The van der Waals surface area contributed by atoms with Crippen molar-refractivity contribution in [3.8, 4) is 0 Å². The van der Waals surface area contributed by atoms with Crippen LogP contribution in [0.1, 0.15) is 44.1 Å². The number of hydrogen-bond acceptors (Lipinski definition) is 4. The monoisotopic (exact) mass is 317 g/mol. The van der Waals surface area contributed by atoms with Crippen LogP contribution in [-0.2, 0) is 13.1 Å². The molecule has 0 bridgehead atoms. The van der Waals surface area contributed by atoms with Crippen LogP contribution in [0.4, 0.5) is 4.79 Å². The highest BCUT2D eigenvalue weighted by Gasteiger charge is 2.29. The van der Waals surface area contributed by atoms with Gasteiger partial charge in [0.25, 0.3) is 0 Å². The van der Waals surface area contributed by atoms with Crippen LogP contribution in [0.3, 0.4) is 0 Å². The predicted octanol–water partition coefficient (Wildman–Crippen LogP) is 2.37. The molecule has 124 valence electrons. The van der Waals surface area contributed by atoms with Crippen LogP contribution in [0.15, 0.2) is 29.0 Å². The number of urea groups is 1. The highest BCUT2D eigenvalue weighted by atomic mass is 16.5. The molecule has 1 aliphatic heterocycles. The first-order chi connectivity index (χ1) is 11.1. The van der Waals surface area contributed by atoms with E-state index >= 15 is 0 Å². The molecular formula is C16H23N5O2. The third-order valence-corrected chi connectivity index (χ3v) is 4.18. The average Bonchev–Trinajstić information content (AvgIpc) is 3.27. The van der Waals surface area contributed by atoms with Crippen LogP contribution in [0, 0.1) is 0 Å². The third kappa shape index (κ3) is 3.72. The van der Waals surface area contributed by atoms with E-state index in [0.717, 1.165) is 31.6 Å². The molecule has 2 aromatic rings. The molecular weight excluding hydrogens is 294 g/mol. The van der Waals surface area contributed by atoms with Gasteiger partial charge in [0.15, 0.2) is 5.76 Å². The van der Waals surface area contributed by atoms with Crippen molar-refractivity contribution >= 4 is 6.03 Å². The van der Waals surface area contributed by atoms with Crippen molar-refractivity contribution in [2.75, 3.05) is 6.54 Å². The molecule has 1 atom stereocenters. The molecule has 0 saturated carbocycles. The largest absolute Gasteiger partial charge is 0.359 e. The number of hydrogen-bond donors (Lipinski definition) is 1. The summed E-state index contributed by atoms with van der Waals surface area (Å²) in [4.78, 5) is 14.3. The Bertz CT molecular complexity index is 635. The van der Waals surface area contributed by atoms with Crippen LogP contribution in [0.25, 0.3) is 0 Å². The minimum atomic E-state index is -0.0536. The molecule has 1 N–H and O–H groups in total. The van der Waals surface area contributed by atoms with Gasteiger partial charge in [-0.3, -0.25) is 4.68 Å². The molecule has 1 unspecified atom stereocenters. The number of nitrogens with zero attached hydrogens (tertiary/aromatic N) is 4. The quantitative estimate of drug-likeness (QED) is 0.918. The molecule has 7 nitrogen and oxygen atoms in total. The fourth-order valence-corrected chi connectivity index (χ4v) is 2.87. The van der Waals surface area contributed by atoms with E-state index in [-0.39, 0.29) is 12.1 Å². The molecule has 3 heterocycles. The Morgan fingerprint density at radius 1 is 1.52 bits per heavy atom. The van der Waals surface area contributed by atoms with E-state index in [2.05, 4.69) is 29.4 Å². The summed E-state index contributed by atoms with van der Waals surface area (Å²) in [6.45, 7) is 6.00. The summed E-state index contributed by atoms with van der Waals surface area (Å²) < 4.78 is 7.13. The summed E-state index contributed by atoms with van der Waals surface area (Å²) in [7, 11) is 0. The number of carbonyl (C=O) groups is 1. The lowest BCUT2D eigenvalue weighted by atomic mass is 10.1. The van der Waals surface area contributed by atoms with Crippen molar-refractivity contribution in [3.63, 3.8) is 0 Å². The van der Waals surface area contributed by atoms with E-state index in [9.17, 15) is 4.79 Å². The minimum Gasteiger partial charge on any atom is -0.359 e. The molecule has 0 radical (unpaired) electrons. The Labute approximate surface area is 135 Å². The van der Waals surface area contributed by atoms with Crippen LogP contribution in [0.5, 0.6) is 0 Å². The molecule has 2 amide bonds. The Morgan fingerprint density at radius 2 is 2.39 bits per heavy atom. The zero-order chi connectivity index (χ0) is 16.2. The van der Waals surface area contributed by atoms with E-state index in [0.29, 0.717) is 18.2 Å². The summed E-state index contributed by atoms with van der Waals surface area (Å²) in [5, 5.41) is 11.2. The van der Waals surface area contributed by atoms with Crippen LogP contribution >= 0.6 is 0 Å². The molecule has 3 rings (SSSR count).